The Labute approximate surface area is 116 Å². The van der Waals surface area contributed by atoms with E-state index in [1.807, 2.05) is 45.0 Å². The van der Waals surface area contributed by atoms with Crippen LogP contribution >= 0.6 is 15.9 Å². The number of ether oxygens (including phenoxy) is 1. The van der Waals surface area contributed by atoms with E-state index in [4.69, 9.17) is 9.57 Å². The molecule has 0 bridgehead atoms. The standard InChI is InChI=1S/C13H20BrNO3/c1-13(2,3)18-15-8-11(16)9-17-12-6-4-5-10(14)7-12/h4-7,11,15-16H,8-9H2,1-3H3. The number of hydroxylamine groups is 1. The summed E-state index contributed by atoms with van der Waals surface area (Å²) in [6, 6.07) is 7.50. The summed E-state index contributed by atoms with van der Waals surface area (Å²) in [6.07, 6.45) is -0.619. The predicted octanol–water partition coefficient (Wildman–Crippen LogP) is 2.51. The molecule has 1 rings (SSSR count). The molecule has 1 atom stereocenters. The van der Waals surface area contributed by atoms with E-state index >= 15 is 0 Å². The first-order chi connectivity index (χ1) is 8.37. The van der Waals surface area contributed by atoms with Gasteiger partial charge in [-0.1, -0.05) is 22.0 Å². The predicted molar refractivity (Wildman–Crippen MR) is 74.5 cm³/mol. The van der Waals surface area contributed by atoms with Gasteiger partial charge in [0, 0.05) is 4.47 Å². The third kappa shape index (κ3) is 6.96. The normalized spacial score (nSPS) is 13.4. The monoisotopic (exact) mass is 317 g/mol. The van der Waals surface area contributed by atoms with Gasteiger partial charge in [-0.25, -0.2) is 0 Å². The van der Waals surface area contributed by atoms with Crippen molar-refractivity contribution >= 4 is 15.9 Å². The van der Waals surface area contributed by atoms with Crippen molar-refractivity contribution in [1.82, 2.24) is 5.48 Å². The van der Waals surface area contributed by atoms with Crippen molar-refractivity contribution in [1.29, 1.82) is 0 Å². The van der Waals surface area contributed by atoms with Crippen LogP contribution in [0.25, 0.3) is 0 Å². The maximum Gasteiger partial charge on any atom is 0.120 e. The maximum absolute atomic E-state index is 9.70. The Balaban J connectivity index is 2.23. The molecule has 1 unspecified atom stereocenters. The fourth-order valence-electron chi connectivity index (χ4n) is 1.16. The van der Waals surface area contributed by atoms with Gasteiger partial charge in [-0.3, -0.25) is 4.84 Å². The fraction of sp³-hybridized carbons (Fsp3) is 0.538. The lowest BCUT2D eigenvalue weighted by molar-refractivity contribution is -0.0857. The van der Waals surface area contributed by atoms with E-state index in [2.05, 4.69) is 21.4 Å². The zero-order chi connectivity index (χ0) is 13.6. The second-order valence-electron chi connectivity index (χ2n) is 4.99. The van der Waals surface area contributed by atoms with Crippen molar-refractivity contribution in [2.45, 2.75) is 32.5 Å². The van der Waals surface area contributed by atoms with E-state index in [0.29, 0.717) is 6.54 Å². The van der Waals surface area contributed by atoms with Crippen LogP contribution in [0.4, 0.5) is 0 Å². The molecule has 2 N–H and O–H groups in total. The van der Waals surface area contributed by atoms with Crippen molar-refractivity contribution in [3.05, 3.63) is 28.7 Å². The summed E-state index contributed by atoms with van der Waals surface area (Å²) < 4.78 is 6.40. The van der Waals surface area contributed by atoms with Gasteiger partial charge < -0.3 is 9.84 Å². The molecular formula is C13H20BrNO3. The molecule has 0 radical (unpaired) electrons. The van der Waals surface area contributed by atoms with Gasteiger partial charge in [-0.2, -0.15) is 5.48 Å². The molecule has 18 heavy (non-hydrogen) atoms. The van der Waals surface area contributed by atoms with E-state index in [1.165, 1.54) is 0 Å². The third-order valence-corrected chi connectivity index (χ3v) is 2.43. The molecule has 1 aromatic rings. The van der Waals surface area contributed by atoms with Crippen molar-refractivity contribution in [3.8, 4) is 5.75 Å². The first kappa shape index (κ1) is 15.4. The summed E-state index contributed by atoms with van der Waals surface area (Å²) in [5.74, 6) is 0.722. The van der Waals surface area contributed by atoms with Crippen LogP contribution in [-0.4, -0.2) is 30.0 Å². The lowest BCUT2D eigenvalue weighted by Gasteiger charge is -2.21. The van der Waals surface area contributed by atoms with Crippen LogP contribution in [0.5, 0.6) is 5.75 Å². The van der Waals surface area contributed by atoms with E-state index in [1.54, 1.807) is 0 Å². The Bertz CT molecular complexity index is 365. The number of rotatable bonds is 6. The molecule has 0 saturated carbocycles. The summed E-state index contributed by atoms with van der Waals surface area (Å²) in [4.78, 5) is 5.30. The molecule has 0 aliphatic heterocycles. The average Bonchev–Trinajstić information content (AvgIpc) is 2.25. The van der Waals surface area contributed by atoms with Gasteiger partial charge in [0.2, 0.25) is 0 Å². The zero-order valence-electron chi connectivity index (χ0n) is 10.9. The highest BCUT2D eigenvalue weighted by molar-refractivity contribution is 9.10. The van der Waals surface area contributed by atoms with Crippen LogP contribution in [0, 0.1) is 0 Å². The van der Waals surface area contributed by atoms with Gasteiger partial charge in [0.25, 0.3) is 0 Å². The Morgan fingerprint density at radius 1 is 1.39 bits per heavy atom. The van der Waals surface area contributed by atoms with E-state index < -0.39 is 6.10 Å². The third-order valence-electron chi connectivity index (χ3n) is 1.94. The number of halogens is 1. The number of hydrogen-bond acceptors (Lipinski definition) is 4. The van der Waals surface area contributed by atoms with Crippen LogP contribution in [0.2, 0.25) is 0 Å². The van der Waals surface area contributed by atoms with Crippen LogP contribution < -0.4 is 10.2 Å². The smallest absolute Gasteiger partial charge is 0.120 e. The second-order valence-corrected chi connectivity index (χ2v) is 5.90. The van der Waals surface area contributed by atoms with E-state index in [-0.39, 0.29) is 12.2 Å². The molecule has 0 spiro atoms. The highest BCUT2D eigenvalue weighted by Crippen LogP contribution is 2.17. The molecule has 4 nitrogen and oxygen atoms in total. The van der Waals surface area contributed by atoms with Crippen molar-refractivity contribution < 1.29 is 14.7 Å². The van der Waals surface area contributed by atoms with Gasteiger partial charge in [-0.15, -0.1) is 0 Å². The zero-order valence-corrected chi connectivity index (χ0v) is 12.5. The number of nitrogens with one attached hydrogen (secondary N) is 1. The number of hydrogen-bond donors (Lipinski definition) is 2. The maximum atomic E-state index is 9.70. The molecule has 0 heterocycles. The first-order valence-corrected chi connectivity index (χ1v) is 6.63. The molecule has 0 aliphatic rings. The van der Waals surface area contributed by atoms with Crippen LogP contribution in [0.15, 0.2) is 28.7 Å². The quantitative estimate of drug-likeness (QED) is 0.792. The highest BCUT2D eigenvalue weighted by atomic mass is 79.9. The van der Waals surface area contributed by atoms with Crippen molar-refractivity contribution in [2.24, 2.45) is 0 Å². The molecule has 0 aromatic heterocycles. The lowest BCUT2D eigenvalue weighted by atomic mass is 10.2. The van der Waals surface area contributed by atoms with Crippen LogP contribution in [0.3, 0.4) is 0 Å². The molecule has 0 fully saturated rings. The van der Waals surface area contributed by atoms with Gasteiger partial charge in [0.1, 0.15) is 18.5 Å². The average molecular weight is 318 g/mol. The summed E-state index contributed by atoms with van der Waals surface area (Å²) >= 11 is 3.36. The summed E-state index contributed by atoms with van der Waals surface area (Å²) in [5, 5.41) is 9.70. The van der Waals surface area contributed by atoms with Crippen molar-refractivity contribution in [3.63, 3.8) is 0 Å². The molecule has 5 heteroatoms. The molecule has 1 aromatic carbocycles. The summed E-state index contributed by atoms with van der Waals surface area (Å²) in [6.45, 7) is 6.35. The molecule has 102 valence electrons. The minimum atomic E-state index is -0.619. The minimum absolute atomic E-state index is 0.219. The number of aliphatic hydroxyl groups excluding tert-OH is 1. The van der Waals surface area contributed by atoms with Gasteiger partial charge in [-0.05, 0) is 39.0 Å². The Hall–Kier alpha value is -0.620. The van der Waals surface area contributed by atoms with Crippen molar-refractivity contribution in [2.75, 3.05) is 13.2 Å². The van der Waals surface area contributed by atoms with Gasteiger partial charge in [0.05, 0.1) is 12.1 Å². The van der Waals surface area contributed by atoms with Gasteiger partial charge in [0.15, 0.2) is 0 Å². The highest BCUT2D eigenvalue weighted by Gasteiger charge is 2.12. The molecule has 0 amide bonds. The van der Waals surface area contributed by atoms with E-state index in [9.17, 15) is 5.11 Å². The van der Waals surface area contributed by atoms with E-state index in [0.717, 1.165) is 10.2 Å². The Kier molecular flexibility index (Phi) is 6.08. The number of benzene rings is 1. The SMILES string of the molecule is CC(C)(C)ONCC(O)COc1cccc(Br)c1. The number of aliphatic hydroxyl groups is 1. The second kappa shape index (κ2) is 7.09. The summed E-state index contributed by atoms with van der Waals surface area (Å²) in [5.41, 5.74) is 2.46. The first-order valence-electron chi connectivity index (χ1n) is 5.84. The van der Waals surface area contributed by atoms with Crippen LogP contribution in [0.1, 0.15) is 20.8 Å². The molecule has 0 aliphatic carbocycles. The lowest BCUT2D eigenvalue weighted by Crippen LogP contribution is -2.36. The summed E-state index contributed by atoms with van der Waals surface area (Å²) in [7, 11) is 0. The Morgan fingerprint density at radius 3 is 2.72 bits per heavy atom. The van der Waals surface area contributed by atoms with Crippen LogP contribution in [-0.2, 0) is 4.84 Å². The fourth-order valence-corrected chi connectivity index (χ4v) is 1.54. The topological polar surface area (TPSA) is 50.7 Å². The molecule has 0 saturated heterocycles. The molecular weight excluding hydrogens is 298 g/mol. The largest absolute Gasteiger partial charge is 0.491 e. The van der Waals surface area contributed by atoms with Gasteiger partial charge >= 0.3 is 0 Å². The minimum Gasteiger partial charge on any atom is -0.491 e. The Morgan fingerprint density at radius 2 is 2.11 bits per heavy atom.